The van der Waals surface area contributed by atoms with Gasteiger partial charge in [-0.1, -0.05) is 59.7 Å². The lowest BCUT2D eigenvalue weighted by molar-refractivity contribution is -0.141. The first-order chi connectivity index (χ1) is 16.0. The Morgan fingerprint density at radius 2 is 1.91 bits per heavy atom. The zero-order chi connectivity index (χ0) is 25.0. The smallest absolute Gasteiger partial charge is 0.261 e. The number of carbonyl (C=O) groups excluding carboxylic acids is 2. The summed E-state index contributed by atoms with van der Waals surface area (Å²) in [7, 11) is 0. The summed E-state index contributed by atoms with van der Waals surface area (Å²) in [5, 5.41) is 2.94. The van der Waals surface area contributed by atoms with E-state index < -0.39 is 17.6 Å². The molecule has 0 radical (unpaired) electrons. The predicted molar refractivity (Wildman–Crippen MR) is 132 cm³/mol. The minimum absolute atomic E-state index is 0.0123. The molecule has 0 aliphatic carbocycles. The molecule has 6 heteroatoms. The first-order valence-electron chi connectivity index (χ1n) is 12.1. The van der Waals surface area contributed by atoms with Crippen molar-refractivity contribution in [2.75, 3.05) is 13.1 Å². The lowest BCUT2D eigenvalue weighted by atomic mass is 9.85. The van der Waals surface area contributed by atoms with Crippen LogP contribution in [0.25, 0.3) is 0 Å². The summed E-state index contributed by atoms with van der Waals surface area (Å²) in [4.78, 5) is 27.8. The average molecular weight is 469 g/mol. The summed E-state index contributed by atoms with van der Waals surface area (Å²) >= 11 is 0. The third-order valence-corrected chi connectivity index (χ3v) is 6.04. The van der Waals surface area contributed by atoms with E-state index in [4.69, 9.17) is 4.74 Å². The second kappa shape index (κ2) is 10.6. The summed E-state index contributed by atoms with van der Waals surface area (Å²) < 4.78 is 20.3. The fraction of sp³-hybridized carbons (Fsp3) is 0.500. The fourth-order valence-corrected chi connectivity index (χ4v) is 4.26. The van der Waals surface area contributed by atoms with E-state index in [1.165, 1.54) is 12.1 Å². The Bertz CT molecular complexity index is 1030. The molecule has 2 atom stereocenters. The third-order valence-electron chi connectivity index (χ3n) is 6.04. The Balaban J connectivity index is 1.98. The zero-order valence-corrected chi connectivity index (χ0v) is 21.2. The highest BCUT2D eigenvalue weighted by Gasteiger charge is 2.37. The SMILES string of the molecule is CC[C@H](Oc1ccc2c(c1)[C@@H](c1cccc(F)c1)N(C(=O)C(C)(C)C)CC2)C(=O)NCC(C)C. The van der Waals surface area contributed by atoms with E-state index in [-0.39, 0.29) is 17.6 Å². The van der Waals surface area contributed by atoms with Crippen LogP contribution in [-0.4, -0.2) is 35.9 Å². The van der Waals surface area contributed by atoms with Gasteiger partial charge in [-0.3, -0.25) is 9.59 Å². The third kappa shape index (κ3) is 5.96. The summed E-state index contributed by atoms with van der Waals surface area (Å²) in [6.07, 6.45) is 0.624. The van der Waals surface area contributed by atoms with Gasteiger partial charge in [0.2, 0.25) is 5.91 Å². The molecule has 0 spiro atoms. The van der Waals surface area contributed by atoms with Crippen LogP contribution in [0.15, 0.2) is 42.5 Å². The zero-order valence-electron chi connectivity index (χ0n) is 21.2. The molecular weight excluding hydrogens is 431 g/mol. The van der Waals surface area contributed by atoms with E-state index in [0.717, 1.165) is 16.7 Å². The second-order valence-corrected chi connectivity index (χ2v) is 10.5. The number of fused-ring (bicyclic) bond motifs is 1. The Hall–Kier alpha value is -2.89. The van der Waals surface area contributed by atoms with Crippen molar-refractivity contribution in [3.8, 4) is 5.75 Å². The van der Waals surface area contributed by atoms with Crippen LogP contribution in [0, 0.1) is 17.2 Å². The highest BCUT2D eigenvalue weighted by molar-refractivity contribution is 5.83. The van der Waals surface area contributed by atoms with Crippen LogP contribution in [0.4, 0.5) is 4.39 Å². The van der Waals surface area contributed by atoms with E-state index in [9.17, 15) is 14.0 Å². The maximum atomic E-state index is 14.2. The Morgan fingerprint density at radius 3 is 2.53 bits per heavy atom. The van der Waals surface area contributed by atoms with Crippen molar-refractivity contribution in [3.63, 3.8) is 0 Å². The largest absolute Gasteiger partial charge is 0.481 e. The van der Waals surface area contributed by atoms with Crippen molar-refractivity contribution >= 4 is 11.8 Å². The molecule has 0 saturated carbocycles. The highest BCUT2D eigenvalue weighted by Crippen LogP contribution is 2.39. The van der Waals surface area contributed by atoms with E-state index in [2.05, 4.69) is 5.32 Å². The normalized spacial score (nSPS) is 16.7. The van der Waals surface area contributed by atoms with Gasteiger partial charge in [0, 0.05) is 18.5 Å². The summed E-state index contributed by atoms with van der Waals surface area (Å²) in [5.41, 5.74) is 2.15. The number of amides is 2. The fourth-order valence-electron chi connectivity index (χ4n) is 4.26. The van der Waals surface area contributed by atoms with Crippen LogP contribution in [0.2, 0.25) is 0 Å². The summed E-state index contributed by atoms with van der Waals surface area (Å²) in [5.74, 6) is 0.451. The molecule has 0 unspecified atom stereocenters. The quantitative estimate of drug-likeness (QED) is 0.602. The first kappa shape index (κ1) is 25.7. The van der Waals surface area contributed by atoms with Crippen LogP contribution in [0.3, 0.4) is 0 Å². The molecule has 5 nitrogen and oxygen atoms in total. The maximum absolute atomic E-state index is 14.2. The Kier molecular flexibility index (Phi) is 8.01. The number of nitrogens with one attached hydrogen (secondary N) is 1. The van der Waals surface area contributed by atoms with Crippen LogP contribution >= 0.6 is 0 Å². The number of carbonyl (C=O) groups is 2. The minimum atomic E-state index is -0.611. The van der Waals surface area contributed by atoms with Gasteiger partial charge < -0.3 is 15.0 Å². The summed E-state index contributed by atoms with van der Waals surface area (Å²) in [6, 6.07) is 11.8. The molecular formula is C28H37FN2O3. The van der Waals surface area contributed by atoms with Gasteiger partial charge in [0.05, 0.1) is 6.04 Å². The molecule has 0 aromatic heterocycles. The molecule has 1 heterocycles. The van der Waals surface area contributed by atoms with Gasteiger partial charge in [-0.25, -0.2) is 4.39 Å². The van der Waals surface area contributed by atoms with Gasteiger partial charge in [-0.05, 0) is 59.7 Å². The topological polar surface area (TPSA) is 58.6 Å². The number of hydrogen-bond acceptors (Lipinski definition) is 3. The van der Waals surface area contributed by atoms with Gasteiger partial charge in [0.25, 0.3) is 5.91 Å². The molecule has 1 N–H and O–H groups in total. The Morgan fingerprint density at radius 1 is 1.18 bits per heavy atom. The number of rotatable bonds is 7. The first-order valence-corrected chi connectivity index (χ1v) is 12.1. The van der Waals surface area contributed by atoms with Crippen LogP contribution in [0.5, 0.6) is 5.75 Å². The molecule has 1 aliphatic rings. The molecule has 0 fully saturated rings. The molecule has 2 aromatic carbocycles. The number of benzene rings is 2. The molecule has 3 rings (SSSR count). The van der Waals surface area contributed by atoms with E-state index in [1.807, 2.05) is 70.7 Å². The minimum Gasteiger partial charge on any atom is -0.481 e. The van der Waals surface area contributed by atoms with Gasteiger partial charge >= 0.3 is 0 Å². The lowest BCUT2D eigenvalue weighted by Gasteiger charge is -2.41. The second-order valence-electron chi connectivity index (χ2n) is 10.5. The van der Waals surface area contributed by atoms with Crippen molar-refractivity contribution in [1.82, 2.24) is 10.2 Å². The van der Waals surface area contributed by atoms with Gasteiger partial charge in [0.15, 0.2) is 6.10 Å². The molecule has 2 amide bonds. The average Bonchev–Trinajstić information content (AvgIpc) is 2.78. The number of halogens is 1. The van der Waals surface area contributed by atoms with Crippen LogP contribution in [0.1, 0.15) is 70.7 Å². The number of ether oxygens (including phenoxy) is 1. The van der Waals surface area contributed by atoms with Crippen molar-refractivity contribution in [1.29, 1.82) is 0 Å². The van der Waals surface area contributed by atoms with Crippen molar-refractivity contribution in [3.05, 3.63) is 65.0 Å². The van der Waals surface area contributed by atoms with Crippen molar-refractivity contribution < 1.29 is 18.7 Å². The maximum Gasteiger partial charge on any atom is 0.261 e. The van der Waals surface area contributed by atoms with Crippen molar-refractivity contribution in [2.45, 2.75) is 66.5 Å². The molecule has 1 aliphatic heterocycles. The van der Waals surface area contributed by atoms with Crippen LogP contribution < -0.4 is 10.1 Å². The standard InChI is InChI=1S/C28H37FN2O3/c1-7-24(26(32)30-17-18(2)3)34-22-12-11-19-13-14-31(27(33)28(4,5)6)25(23(19)16-22)20-9-8-10-21(29)15-20/h8-12,15-16,18,24-25H,7,13-14,17H2,1-6H3,(H,30,32)/t24-,25+/m0/s1. The predicted octanol–water partition coefficient (Wildman–Crippen LogP) is 5.28. The number of hydrogen-bond donors (Lipinski definition) is 1. The highest BCUT2D eigenvalue weighted by atomic mass is 19.1. The van der Waals surface area contributed by atoms with E-state index in [1.54, 1.807) is 6.07 Å². The van der Waals surface area contributed by atoms with Gasteiger partial charge in [-0.2, -0.15) is 0 Å². The van der Waals surface area contributed by atoms with Crippen molar-refractivity contribution in [2.24, 2.45) is 11.3 Å². The molecule has 2 aromatic rings. The molecule has 0 saturated heterocycles. The molecule has 0 bridgehead atoms. The Labute approximate surface area is 202 Å². The number of nitrogens with zero attached hydrogens (tertiary/aromatic N) is 1. The van der Waals surface area contributed by atoms with E-state index >= 15 is 0 Å². The van der Waals surface area contributed by atoms with E-state index in [0.29, 0.717) is 37.6 Å². The lowest BCUT2D eigenvalue weighted by Crippen LogP contribution is -2.45. The molecule has 34 heavy (non-hydrogen) atoms. The summed E-state index contributed by atoms with van der Waals surface area (Å²) in [6.45, 7) is 12.8. The van der Waals surface area contributed by atoms with Gasteiger partial charge in [0.1, 0.15) is 11.6 Å². The van der Waals surface area contributed by atoms with Gasteiger partial charge in [-0.15, -0.1) is 0 Å². The monoisotopic (exact) mass is 468 g/mol. The van der Waals surface area contributed by atoms with Crippen LogP contribution in [-0.2, 0) is 16.0 Å². The molecule has 184 valence electrons.